The summed E-state index contributed by atoms with van der Waals surface area (Å²) in [6, 6.07) is 13.2. The maximum Gasteiger partial charge on any atom is 0.251 e. The molecule has 0 aliphatic carbocycles. The van der Waals surface area contributed by atoms with Crippen molar-refractivity contribution in [3.8, 4) is 12.3 Å². The van der Waals surface area contributed by atoms with E-state index < -0.39 is 10.0 Å². The van der Waals surface area contributed by atoms with Crippen LogP contribution in [0.25, 0.3) is 0 Å². The van der Waals surface area contributed by atoms with Gasteiger partial charge in [-0.2, -0.15) is 4.72 Å². The number of halogens is 1. The molecule has 0 saturated heterocycles. The van der Waals surface area contributed by atoms with Crippen molar-refractivity contribution in [3.05, 3.63) is 64.7 Å². The Morgan fingerprint density at radius 1 is 1.16 bits per heavy atom. The second-order valence-corrected chi connectivity index (χ2v) is 7.40. The van der Waals surface area contributed by atoms with Crippen LogP contribution in [0.15, 0.2) is 53.4 Å². The first kappa shape index (κ1) is 19.0. The molecule has 7 heteroatoms. The van der Waals surface area contributed by atoms with E-state index in [2.05, 4.69) is 16.0 Å². The number of sulfonamides is 1. The summed E-state index contributed by atoms with van der Waals surface area (Å²) < 4.78 is 26.3. The Hall–Kier alpha value is -2.33. The molecule has 0 heterocycles. The van der Waals surface area contributed by atoms with Gasteiger partial charge in [0.25, 0.3) is 5.91 Å². The highest BCUT2D eigenvalue weighted by molar-refractivity contribution is 7.89. The third kappa shape index (κ3) is 5.61. The zero-order valence-electron chi connectivity index (χ0n) is 13.3. The molecule has 0 spiro atoms. The Kier molecular flexibility index (Phi) is 6.59. The van der Waals surface area contributed by atoms with Gasteiger partial charge in [0, 0.05) is 17.1 Å². The van der Waals surface area contributed by atoms with E-state index in [0.717, 1.165) is 5.56 Å². The third-order valence-corrected chi connectivity index (χ3v) is 4.99. The fraction of sp³-hybridized carbons (Fsp3) is 0.167. The van der Waals surface area contributed by atoms with Gasteiger partial charge in [-0.25, -0.2) is 8.42 Å². The van der Waals surface area contributed by atoms with Crippen LogP contribution in [0.1, 0.15) is 15.9 Å². The van der Waals surface area contributed by atoms with Crippen molar-refractivity contribution in [1.82, 2.24) is 10.0 Å². The number of amides is 1. The predicted molar refractivity (Wildman–Crippen MR) is 98.0 cm³/mol. The van der Waals surface area contributed by atoms with E-state index >= 15 is 0 Å². The lowest BCUT2D eigenvalue weighted by Crippen LogP contribution is -2.27. The standard InChI is InChI=1S/C18H17ClN2O3S/c1-2-10-21-25(23,24)17-8-4-6-15(13-17)18(22)20-11-9-14-5-3-7-16(19)12-14/h1,3-8,12-13,21H,9-11H2,(H,20,22). The number of hydrogen-bond acceptors (Lipinski definition) is 3. The Morgan fingerprint density at radius 3 is 2.64 bits per heavy atom. The van der Waals surface area contributed by atoms with Crippen LogP contribution in [0.4, 0.5) is 0 Å². The van der Waals surface area contributed by atoms with E-state index in [1.807, 2.05) is 18.2 Å². The van der Waals surface area contributed by atoms with E-state index in [9.17, 15) is 13.2 Å². The molecule has 0 radical (unpaired) electrons. The van der Waals surface area contributed by atoms with Gasteiger partial charge in [-0.1, -0.05) is 35.7 Å². The fourth-order valence-corrected chi connectivity index (χ4v) is 3.33. The number of hydrogen-bond donors (Lipinski definition) is 2. The largest absolute Gasteiger partial charge is 0.352 e. The van der Waals surface area contributed by atoms with Crippen molar-refractivity contribution in [2.45, 2.75) is 11.3 Å². The Labute approximate surface area is 152 Å². The average Bonchev–Trinajstić information content (AvgIpc) is 2.60. The van der Waals surface area contributed by atoms with E-state index in [4.69, 9.17) is 18.0 Å². The Bertz CT molecular complexity index is 905. The van der Waals surface area contributed by atoms with Crippen LogP contribution in [0.2, 0.25) is 5.02 Å². The lowest BCUT2D eigenvalue weighted by atomic mass is 10.1. The molecule has 25 heavy (non-hydrogen) atoms. The van der Waals surface area contributed by atoms with E-state index in [1.165, 1.54) is 18.2 Å². The smallest absolute Gasteiger partial charge is 0.251 e. The van der Waals surface area contributed by atoms with E-state index in [1.54, 1.807) is 12.1 Å². The molecule has 130 valence electrons. The summed E-state index contributed by atoms with van der Waals surface area (Å²) in [5.74, 6) is 1.85. The van der Waals surface area contributed by atoms with Gasteiger partial charge in [-0.15, -0.1) is 6.42 Å². The van der Waals surface area contributed by atoms with Gasteiger partial charge in [0.15, 0.2) is 0 Å². The van der Waals surface area contributed by atoms with Crippen LogP contribution >= 0.6 is 11.6 Å². The normalized spacial score (nSPS) is 10.9. The zero-order valence-corrected chi connectivity index (χ0v) is 14.9. The highest BCUT2D eigenvalue weighted by Gasteiger charge is 2.15. The second kappa shape index (κ2) is 8.67. The first-order valence-corrected chi connectivity index (χ1v) is 9.34. The lowest BCUT2D eigenvalue weighted by molar-refractivity contribution is 0.0954. The van der Waals surface area contributed by atoms with Gasteiger partial charge in [0.05, 0.1) is 11.4 Å². The molecular formula is C18H17ClN2O3S. The first-order valence-electron chi connectivity index (χ1n) is 7.48. The lowest BCUT2D eigenvalue weighted by Gasteiger charge is -2.08. The Balaban J connectivity index is 2.00. The number of nitrogens with one attached hydrogen (secondary N) is 2. The summed E-state index contributed by atoms with van der Waals surface area (Å²) in [6.07, 6.45) is 5.67. The van der Waals surface area contributed by atoms with E-state index in [-0.39, 0.29) is 22.9 Å². The highest BCUT2D eigenvalue weighted by Crippen LogP contribution is 2.12. The number of terminal acetylenes is 1. The molecule has 2 aromatic rings. The molecule has 5 nitrogen and oxygen atoms in total. The first-order chi connectivity index (χ1) is 11.9. The van der Waals surface area contributed by atoms with Gasteiger partial charge in [-0.05, 0) is 42.3 Å². The molecule has 1 amide bonds. The van der Waals surface area contributed by atoms with Crippen molar-refractivity contribution in [2.24, 2.45) is 0 Å². The van der Waals surface area contributed by atoms with Crippen molar-refractivity contribution in [3.63, 3.8) is 0 Å². The van der Waals surface area contributed by atoms with Gasteiger partial charge in [0.2, 0.25) is 10.0 Å². The molecule has 0 aromatic heterocycles. The fourth-order valence-electron chi connectivity index (χ4n) is 2.14. The van der Waals surface area contributed by atoms with Crippen LogP contribution in [0.5, 0.6) is 0 Å². The molecule has 2 rings (SSSR count). The molecule has 0 fully saturated rings. The number of carbonyl (C=O) groups excluding carboxylic acids is 1. The summed E-state index contributed by atoms with van der Waals surface area (Å²) >= 11 is 5.92. The second-order valence-electron chi connectivity index (χ2n) is 5.19. The minimum absolute atomic E-state index is 0.00904. The molecule has 0 saturated carbocycles. The quantitative estimate of drug-likeness (QED) is 0.727. The van der Waals surface area contributed by atoms with Crippen LogP contribution in [-0.2, 0) is 16.4 Å². The van der Waals surface area contributed by atoms with Crippen LogP contribution in [0, 0.1) is 12.3 Å². The molecule has 0 aliphatic heterocycles. The van der Waals surface area contributed by atoms with E-state index in [0.29, 0.717) is 18.0 Å². The summed E-state index contributed by atoms with van der Waals surface area (Å²) in [5.41, 5.74) is 1.26. The van der Waals surface area contributed by atoms with Crippen LogP contribution in [-0.4, -0.2) is 27.4 Å². The van der Waals surface area contributed by atoms with Crippen molar-refractivity contribution < 1.29 is 13.2 Å². The van der Waals surface area contributed by atoms with Crippen molar-refractivity contribution in [2.75, 3.05) is 13.1 Å². The maximum absolute atomic E-state index is 12.2. The molecule has 0 bridgehead atoms. The summed E-state index contributed by atoms with van der Waals surface area (Å²) in [4.78, 5) is 12.2. The summed E-state index contributed by atoms with van der Waals surface area (Å²) in [6.45, 7) is 0.296. The molecule has 2 aromatic carbocycles. The number of rotatable bonds is 7. The average molecular weight is 377 g/mol. The molecule has 0 atom stereocenters. The maximum atomic E-state index is 12.2. The minimum Gasteiger partial charge on any atom is -0.352 e. The predicted octanol–water partition coefficient (Wildman–Crippen LogP) is 2.22. The highest BCUT2D eigenvalue weighted by atomic mass is 35.5. The van der Waals surface area contributed by atoms with Gasteiger partial charge < -0.3 is 5.32 Å². The van der Waals surface area contributed by atoms with Crippen LogP contribution < -0.4 is 10.0 Å². The molecule has 2 N–H and O–H groups in total. The summed E-state index contributed by atoms with van der Waals surface area (Å²) in [5, 5.41) is 3.40. The zero-order chi connectivity index (χ0) is 18.3. The monoisotopic (exact) mass is 376 g/mol. The van der Waals surface area contributed by atoms with Crippen molar-refractivity contribution in [1.29, 1.82) is 0 Å². The van der Waals surface area contributed by atoms with Gasteiger partial charge in [-0.3, -0.25) is 4.79 Å². The number of benzene rings is 2. The molecular weight excluding hydrogens is 360 g/mol. The minimum atomic E-state index is -3.73. The SMILES string of the molecule is C#CCNS(=O)(=O)c1cccc(C(=O)NCCc2cccc(Cl)c2)c1. The van der Waals surface area contributed by atoms with Crippen LogP contribution in [0.3, 0.4) is 0 Å². The molecule has 0 aliphatic rings. The summed E-state index contributed by atoms with van der Waals surface area (Å²) in [7, 11) is -3.73. The molecule has 0 unspecified atom stereocenters. The topological polar surface area (TPSA) is 75.3 Å². The van der Waals surface area contributed by atoms with Crippen molar-refractivity contribution >= 4 is 27.5 Å². The van der Waals surface area contributed by atoms with Gasteiger partial charge >= 0.3 is 0 Å². The third-order valence-electron chi connectivity index (χ3n) is 3.36. The van der Waals surface area contributed by atoms with Gasteiger partial charge in [0.1, 0.15) is 0 Å². The number of carbonyl (C=O) groups is 1. The Morgan fingerprint density at radius 2 is 1.92 bits per heavy atom.